The highest BCUT2D eigenvalue weighted by Crippen LogP contribution is 2.40. The van der Waals surface area contributed by atoms with Crippen molar-refractivity contribution in [2.45, 2.75) is 28.8 Å². The van der Waals surface area contributed by atoms with Gasteiger partial charge in [-0.2, -0.15) is 0 Å². The van der Waals surface area contributed by atoms with Crippen LogP contribution in [0.4, 0.5) is 17.3 Å². The Balaban J connectivity index is 0.00000231. The fourth-order valence-electron chi connectivity index (χ4n) is 4.33. The van der Waals surface area contributed by atoms with Gasteiger partial charge in [0.2, 0.25) is 0 Å². The second kappa shape index (κ2) is 8.27. The Morgan fingerprint density at radius 3 is 2.71 bits per heavy atom. The molecule has 1 amide bonds. The normalized spacial score (nSPS) is 21.7. The van der Waals surface area contributed by atoms with Crippen molar-refractivity contribution in [1.82, 2.24) is 9.97 Å². The molecule has 2 saturated heterocycles. The number of halogens is 1. The smallest absolute Gasteiger partial charge is 0.296 e. The van der Waals surface area contributed by atoms with Crippen LogP contribution in [0, 0.1) is 5.41 Å². The Morgan fingerprint density at radius 1 is 1.26 bits per heavy atom. The summed E-state index contributed by atoms with van der Waals surface area (Å²) in [7, 11) is 0. The van der Waals surface area contributed by atoms with E-state index >= 15 is 0 Å². The van der Waals surface area contributed by atoms with E-state index in [1.807, 2.05) is 0 Å². The molecule has 9 nitrogen and oxygen atoms in total. The summed E-state index contributed by atoms with van der Waals surface area (Å²) in [5, 5.41) is 3.07. The van der Waals surface area contributed by atoms with Crippen molar-refractivity contribution >= 4 is 53.2 Å². The van der Waals surface area contributed by atoms with Gasteiger partial charge in [0.15, 0.2) is 5.82 Å². The van der Waals surface area contributed by atoms with E-state index in [-0.39, 0.29) is 23.9 Å². The lowest BCUT2D eigenvalue weighted by Crippen LogP contribution is -2.49. The molecule has 3 aliphatic rings. The maximum absolute atomic E-state index is 12.2. The second-order valence-corrected chi connectivity index (χ2v) is 8.98. The molecule has 3 aliphatic heterocycles. The average molecular weight is 463 g/mol. The molecule has 31 heavy (non-hydrogen) atoms. The molecular weight excluding hydrogens is 440 g/mol. The molecule has 1 aromatic carbocycles. The minimum absolute atomic E-state index is 0. The van der Waals surface area contributed by atoms with Gasteiger partial charge in [0, 0.05) is 29.4 Å². The topological polar surface area (TPSA) is 136 Å². The Hall–Kier alpha value is -2.40. The van der Waals surface area contributed by atoms with Crippen LogP contribution in [0.3, 0.4) is 0 Å². The average Bonchev–Trinajstić information content (AvgIpc) is 3.24. The van der Waals surface area contributed by atoms with Crippen LogP contribution in [0.25, 0.3) is 0 Å². The van der Waals surface area contributed by atoms with Crippen molar-refractivity contribution in [3.63, 3.8) is 0 Å². The number of fused-ring (bicyclic) bond motifs is 1. The number of carbonyl (C=O) groups is 2. The SMILES string of the molecule is Cl.Nc1nc(N2CCC3(CC2)COCC3N)cnc1Sc1cccc2c1C(=O)C(=O)N2. The van der Waals surface area contributed by atoms with Gasteiger partial charge in [0.25, 0.3) is 11.7 Å². The standard InChI is InChI=1S/C20H22N6O3S.ClH/c21-13-9-29-10-20(13)4-6-26(7-5-20)14-8-23-19(17(22)25-14)30-12-3-1-2-11-15(12)16(27)18(28)24-11;/h1-3,8,13H,4-7,9-10,21H2,(H2,22,25)(H,24,27,28);1H. The number of ether oxygens (including phenoxy) is 1. The molecule has 4 heterocycles. The zero-order chi connectivity index (χ0) is 20.9. The molecule has 5 N–H and O–H groups in total. The third kappa shape index (κ3) is 3.73. The molecule has 1 aromatic heterocycles. The summed E-state index contributed by atoms with van der Waals surface area (Å²) in [6.07, 6.45) is 3.60. The number of amides is 1. The van der Waals surface area contributed by atoms with Crippen molar-refractivity contribution in [1.29, 1.82) is 0 Å². The first-order valence-corrected chi connectivity index (χ1v) is 10.7. The van der Waals surface area contributed by atoms with Crippen molar-refractivity contribution in [3.8, 4) is 0 Å². The van der Waals surface area contributed by atoms with Crippen molar-refractivity contribution in [2.75, 3.05) is 42.3 Å². The predicted octanol–water partition coefficient (Wildman–Crippen LogP) is 1.71. The first kappa shape index (κ1) is 21.8. The van der Waals surface area contributed by atoms with E-state index in [4.69, 9.17) is 16.2 Å². The number of piperidine rings is 1. The third-order valence-corrected chi connectivity index (χ3v) is 7.29. The highest BCUT2D eigenvalue weighted by Gasteiger charge is 2.44. The third-order valence-electron chi connectivity index (χ3n) is 6.22. The highest BCUT2D eigenvalue weighted by molar-refractivity contribution is 7.99. The van der Waals surface area contributed by atoms with E-state index in [0.717, 1.165) is 38.4 Å². The zero-order valence-corrected chi connectivity index (χ0v) is 18.3. The van der Waals surface area contributed by atoms with E-state index in [1.165, 1.54) is 11.8 Å². The van der Waals surface area contributed by atoms with Gasteiger partial charge in [-0.1, -0.05) is 17.8 Å². The quantitative estimate of drug-likeness (QED) is 0.582. The molecule has 0 bridgehead atoms. The van der Waals surface area contributed by atoms with Gasteiger partial charge in [-0.3, -0.25) is 9.59 Å². The number of hydrogen-bond acceptors (Lipinski definition) is 9. The summed E-state index contributed by atoms with van der Waals surface area (Å²) < 4.78 is 5.58. The van der Waals surface area contributed by atoms with Gasteiger partial charge in [-0.05, 0) is 25.0 Å². The van der Waals surface area contributed by atoms with Gasteiger partial charge in [0.1, 0.15) is 10.8 Å². The molecule has 2 fully saturated rings. The van der Waals surface area contributed by atoms with Crippen LogP contribution in [0.15, 0.2) is 34.3 Å². The molecule has 5 rings (SSSR count). The minimum Gasteiger partial charge on any atom is -0.381 e. The lowest BCUT2D eigenvalue weighted by Gasteiger charge is -2.41. The van der Waals surface area contributed by atoms with E-state index in [1.54, 1.807) is 24.4 Å². The minimum atomic E-state index is -0.622. The summed E-state index contributed by atoms with van der Waals surface area (Å²) in [6, 6.07) is 5.34. The summed E-state index contributed by atoms with van der Waals surface area (Å²) >= 11 is 1.23. The predicted molar refractivity (Wildman–Crippen MR) is 120 cm³/mol. The summed E-state index contributed by atoms with van der Waals surface area (Å²) in [6.45, 7) is 3.01. The Bertz CT molecular complexity index is 1040. The first-order valence-electron chi connectivity index (χ1n) is 9.84. The number of nitrogen functional groups attached to an aromatic ring is 1. The monoisotopic (exact) mass is 462 g/mol. The molecular formula is C20H23ClN6O3S. The van der Waals surface area contributed by atoms with Gasteiger partial charge in [-0.25, -0.2) is 9.97 Å². The van der Waals surface area contributed by atoms with Crippen molar-refractivity contribution < 1.29 is 14.3 Å². The number of Topliss-reactive ketones (excluding diaryl/α,β-unsaturated/α-hetero) is 1. The summed E-state index contributed by atoms with van der Waals surface area (Å²) in [4.78, 5) is 35.7. The fourth-order valence-corrected chi connectivity index (χ4v) is 5.25. The molecule has 1 atom stereocenters. The van der Waals surface area contributed by atoms with E-state index in [0.29, 0.717) is 33.6 Å². The number of nitrogens with one attached hydrogen (secondary N) is 1. The highest BCUT2D eigenvalue weighted by atomic mass is 35.5. The molecule has 11 heteroatoms. The number of benzene rings is 1. The largest absolute Gasteiger partial charge is 0.381 e. The van der Waals surface area contributed by atoms with Crippen LogP contribution in [-0.2, 0) is 9.53 Å². The van der Waals surface area contributed by atoms with E-state index in [2.05, 4.69) is 20.2 Å². The fraction of sp³-hybridized carbons (Fsp3) is 0.400. The van der Waals surface area contributed by atoms with Crippen LogP contribution in [0.5, 0.6) is 0 Å². The maximum Gasteiger partial charge on any atom is 0.296 e. The van der Waals surface area contributed by atoms with Crippen LogP contribution in [0.2, 0.25) is 0 Å². The maximum atomic E-state index is 12.2. The number of carbonyl (C=O) groups excluding carboxylic acids is 2. The van der Waals surface area contributed by atoms with Gasteiger partial charge < -0.3 is 26.4 Å². The molecule has 0 aliphatic carbocycles. The lowest BCUT2D eigenvalue weighted by molar-refractivity contribution is -0.112. The summed E-state index contributed by atoms with van der Waals surface area (Å²) in [5.41, 5.74) is 13.4. The number of anilines is 3. The number of nitrogens with zero attached hydrogens (tertiary/aromatic N) is 3. The number of rotatable bonds is 3. The van der Waals surface area contributed by atoms with Crippen molar-refractivity contribution in [3.05, 3.63) is 30.0 Å². The lowest BCUT2D eigenvalue weighted by atomic mass is 9.75. The molecule has 0 radical (unpaired) electrons. The molecule has 0 saturated carbocycles. The Kier molecular flexibility index (Phi) is 5.82. The van der Waals surface area contributed by atoms with E-state index < -0.39 is 11.7 Å². The molecule has 2 aromatic rings. The van der Waals surface area contributed by atoms with Gasteiger partial charge in [0.05, 0.1) is 30.7 Å². The second-order valence-electron chi connectivity index (χ2n) is 7.95. The summed E-state index contributed by atoms with van der Waals surface area (Å²) in [5.74, 6) is -0.151. The number of ketones is 1. The Morgan fingerprint density at radius 2 is 2.03 bits per heavy atom. The zero-order valence-electron chi connectivity index (χ0n) is 16.7. The van der Waals surface area contributed by atoms with Crippen LogP contribution >= 0.6 is 24.2 Å². The molecule has 164 valence electrons. The van der Waals surface area contributed by atoms with Gasteiger partial charge >= 0.3 is 0 Å². The van der Waals surface area contributed by atoms with Crippen LogP contribution in [0.1, 0.15) is 23.2 Å². The number of aromatic nitrogens is 2. The van der Waals surface area contributed by atoms with Crippen LogP contribution < -0.4 is 21.7 Å². The van der Waals surface area contributed by atoms with E-state index in [9.17, 15) is 9.59 Å². The number of hydrogen-bond donors (Lipinski definition) is 3. The van der Waals surface area contributed by atoms with Crippen LogP contribution in [-0.4, -0.2) is 54.0 Å². The molecule has 1 spiro atoms. The van der Waals surface area contributed by atoms with Crippen molar-refractivity contribution in [2.24, 2.45) is 11.1 Å². The van der Waals surface area contributed by atoms with Gasteiger partial charge in [-0.15, -0.1) is 12.4 Å². The first-order chi connectivity index (χ1) is 14.5. The number of nitrogens with two attached hydrogens (primary N) is 2. The molecule has 1 unspecified atom stereocenters. The Labute approximate surface area is 189 Å².